The first kappa shape index (κ1) is 38.2. The number of rotatable bonds is 10. The van der Waals surface area contributed by atoms with Crippen LogP contribution in [0.25, 0.3) is 11.1 Å². The van der Waals surface area contributed by atoms with E-state index in [-0.39, 0.29) is 40.2 Å². The van der Waals surface area contributed by atoms with Crippen LogP contribution in [0.15, 0.2) is 35.3 Å². The van der Waals surface area contributed by atoms with Crippen molar-refractivity contribution in [2.45, 2.75) is 77.6 Å². The zero-order valence-electron chi connectivity index (χ0n) is 28.4. The molecule has 1 amide bonds. The molecule has 0 unspecified atom stereocenters. The molecule has 4 rings (SSSR count). The molecular formula is C37H39F6N3O4. The molecule has 2 heterocycles. The number of hydrogen-bond acceptors (Lipinski definition) is 4. The second-order valence-electron chi connectivity index (χ2n) is 13.3. The van der Waals surface area contributed by atoms with E-state index in [1.807, 2.05) is 11.9 Å². The minimum Gasteiger partial charge on any atom is -0.481 e. The molecule has 2 N–H and O–H groups in total. The second kappa shape index (κ2) is 15.1. The standard InChI is InChI=1S/C37H39F6N3O4/c1-7-22-15-25(32-20(4)13-24(38)14-21(32)5)35(40)33(34(22)39)28(17-31(48)49)44-36(50)29(12-19(2)3)46-18-26(23-8-10-45(6)11-9-23)27(16-30(46)47)37(41,42)43/h1,13-16,18-19,23,28-29H,8-12,17H2,2-6H3,(H,44,50)(H,48,49)/t28-,29+/m0/s1. The summed E-state index contributed by atoms with van der Waals surface area (Å²) in [7, 11) is 1.84. The van der Waals surface area contributed by atoms with Crippen LogP contribution < -0.4 is 10.9 Å². The fourth-order valence-corrected chi connectivity index (χ4v) is 6.75. The Morgan fingerprint density at radius 2 is 1.64 bits per heavy atom. The third kappa shape index (κ3) is 8.24. The van der Waals surface area contributed by atoms with E-state index >= 15 is 8.78 Å². The predicted octanol–water partition coefficient (Wildman–Crippen LogP) is 7.28. The minimum absolute atomic E-state index is 0.0850. The van der Waals surface area contributed by atoms with E-state index in [0.29, 0.717) is 32.0 Å². The molecule has 0 saturated carbocycles. The van der Waals surface area contributed by atoms with Crippen molar-refractivity contribution < 1.29 is 41.0 Å². The van der Waals surface area contributed by atoms with Crippen LogP contribution in [0.3, 0.4) is 0 Å². The van der Waals surface area contributed by atoms with Gasteiger partial charge < -0.3 is 19.9 Å². The Morgan fingerprint density at radius 1 is 1.04 bits per heavy atom. The molecule has 1 aliphatic heterocycles. The van der Waals surface area contributed by atoms with E-state index in [2.05, 4.69) is 11.2 Å². The van der Waals surface area contributed by atoms with E-state index in [1.54, 1.807) is 13.8 Å². The quantitative estimate of drug-likeness (QED) is 0.171. The number of nitrogens with one attached hydrogen (secondary N) is 1. The number of aliphatic carboxylic acids is 1. The number of piperidine rings is 1. The maximum Gasteiger partial charge on any atom is 0.416 e. The second-order valence-corrected chi connectivity index (χ2v) is 13.3. The Hall–Kier alpha value is -4.57. The Morgan fingerprint density at radius 3 is 2.16 bits per heavy atom. The number of halogens is 6. The molecule has 13 heteroatoms. The maximum absolute atomic E-state index is 16.5. The number of alkyl halides is 3. The lowest BCUT2D eigenvalue weighted by Gasteiger charge is -2.32. The summed E-state index contributed by atoms with van der Waals surface area (Å²) in [6.45, 7) is 7.44. The number of carbonyl (C=O) groups is 2. The number of likely N-dealkylation sites (tertiary alicyclic amines) is 1. The summed E-state index contributed by atoms with van der Waals surface area (Å²) in [6, 6.07) is 0.410. The summed E-state index contributed by atoms with van der Waals surface area (Å²) in [5.41, 5.74) is -3.22. The van der Waals surface area contributed by atoms with Gasteiger partial charge in [-0.3, -0.25) is 14.4 Å². The molecule has 2 aromatic carbocycles. The first-order chi connectivity index (χ1) is 23.3. The molecule has 0 aliphatic carbocycles. The molecule has 50 heavy (non-hydrogen) atoms. The highest BCUT2D eigenvalue weighted by Crippen LogP contribution is 2.40. The van der Waals surface area contributed by atoms with Gasteiger partial charge in [0, 0.05) is 23.4 Å². The number of carboxylic acid groups (broad SMARTS) is 1. The molecule has 0 radical (unpaired) electrons. The van der Waals surface area contributed by atoms with Gasteiger partial charge in [0.25, 0.3) is 5.56 Å². The number of aryl methyl sites for hydroxylation is 2. The average molecular weight is 704 g/mol. The molecule has 0 bridgehead atoms. The monoisotopic (exact) mass is 703 g/mol. The van der Waals surface area contributed by atoms with Gasteiger partial charge in [-0.05, 0) is 106 Å². The maximum atomic E-state index is 16.5. The smallest absolute Gasteiger partial charge is 0.416 e. The van der Waals surface area contributed by atoms with Crippen molar-refractivity contribution in [2.75, 3.05) is 20.1 Å². The van der Waals surface area contributed by atoms with Crippen LogP contribution in [0.5, 0.6) is 0 Å². The van der Waals surface area contributed by atoms with Crippen molar-refractivity contribution in [3.8, 4) is 23.5 Å². The fourth-order valence-electron chi connectivity index (χ4n) is 6.75. The molecule has 1 fully saturated rings. The van der Waals surface area contributed by atoms with Crippen molar-refractivity contribution in [3.63, 3.8) is 0 Å². The summed E-state index contributed by atoms with van der Waals surface area (Å²) in [6.07, 6.45) is 1.37. The van der Waals surface area contributed by atoms with E-state index < -0.39 is 82.2 Å². The fraction of sp³-hybridized carbons (Fsp3) is 0.432. The van der Waals surface area contributed by atoms with Crippen LogP contribution in [0.1, 0.15) is 90.9 Å². The van der Waals surface area contributed by atoms with Crippen LogP contribution >= 0.6 is 0 Å². The SMILES string of the molecule is C#Cc1cc(-c2c(C)cc(F)cc2C)c(F)c([C@H](CC(=O)O)NC(=O)[C@@H](CC(C)C)n2cc(C3CCN(C)CC3)c(C(F)(F)F)cc2=O)c1F. The van der Waals surface area contributed by atoms with Crippen LogP contribution in [0.4, 0.5) is 26.3 Å². The third-order valence-electron chi connectivity index (χ3n) is 9.11. The molecular weight excluding hydrogens is 664 g/mol. The number of pyridine rings is 1. The van der Waals surface area contributed by atoms with Crippen molar-refractivity contribution in [2.24, 2.45) is 5.92 Å². The largest absolute Gasteiger partial charge is 0.481 e. The topological polar surface area (TPSA) is 91.6 Å². The molecule has 268 valence electrons. The lowest BCUT2D eigenvalue weighted by Crippen LogP contribution is -2.41. The van der Waals surface area contributed by atoms with Gasteiger partial charge in [-0.15, -0.1) is 6.42 Å². The van der Waals surface area contributed by atoms with Crippen molar-refractivity contribution in [3.05, 3.63) is 91.6 Å². The van der Waals surface area contributed by atoms with Gasteiger partial charge in [-0.1, -0.05) is 19.8 Å². The van der Waals surface area contributed by atoms with Gasteiger partial charge >= 0.3 is 12.1 Å². The van der Waals surface area contributed by atoms with Crippen LogP contribution in [0, 0.1) is 49.6 Å². The lowest BCUT2D eigenvalue weighted by molar-refractivity contribution is -0.139. The number of carbonyl (C=O) groups excluding carboxylic acids is 1. The molecule has 1 aliphatic rings. The van der Waals surface area contributed by atoms with E-state index in [1.165, 1.54) is 13.8 Å². The number of amides is 1. The van der Waals surface area contributed by atoms with Gasteiger partial charge in [0.2, 0.25) is 5.91 Å². The highest BCUT2D eigenvalue weighted by molar-refractivity contribution is 5.82. The molecule has 2 atom stereocenters. The van der Waals surface area contributed by atoms with Crippen LogP contribution in [-0.4, -0.2) is 46.6 Å². The van der Waals surface area contributed by atoms with Crippen molar-refractivity contribution >= 4 is 11.9 Å². The first-order valence-corrected chi connectivity index (χ1v) is 16.1. The molecule has 1 saturated heterocycles. The van der Waals surface area contributed by atoms with Crippen LogP contribution in [-0.2, 0) is 15.8 Å². The summed E-state index contributed by atoms with van der Waals surface area (Å²) in [5, 5.41) is 12.2. The number of terminal acetylenes is 1. The van der Waals surface area contributed by atoms with Crippen molar-refractivity contribution in [1.82, 2.24) is 14.8 Å². The molecule has 7 nitrogen and oxygen atoms in total. The van der Waals surface area contributed by atoms with Gasteiger partial charge in [-0.25, -0.2) is 13.2 Å². The summed E-state index contributed by atoms with van der Waals surface area (Å²) in [4.78, 5) is 41.4. The molecule has 3 aromatic rings. The van der Waals surface area contributed by atoms with Crippen molar-refractivity contribution in [1.29, 1.82) is 0 Å². The first-order valence-electron chi connectivity index (χ1n) is 16.1. The van der Waals surface area contributed by atoms with E-state index in [9.17, 15) is 37.1 Å². The highest BCUT2D eigenvalue weighted by atomic mass is 19.4. The number of hydrogen-bond donors (Lipinski definition) is 2. The number of aromatic nitrogens is 1. The zero-order valence-corrected chi connectivity index (χ0v) is 28.4. The Balaban J connectivity index is 1.88. The van der Waals surface area contributed by atoms with Gasteiger partial charge in [0.15, 0.2) is 0 Å². The normalized spacial score (nSPS) is 15.5. The Labute approximate surface area is 286 Å². The number of carboxylic acids is 1. The zero-order chi connectivity index (χ0) is 37.2. The predicted molar refractivity (Wildman–Crippen MR) is 176 cm³/mol. The summed E-state index contributed by atoms with van der Waals surface area (Å²) < 4.78 is 90.0. The molecule has 0 spiro atoms. The van der Waals surface area contributed by atoms with Gasteiger partial charge in [0.05, 0.1) is 23.6 Å². The number of nitrogens with zero attached hydrogens (tertiary/aromatic N) is 2. The lowest BCUT2D eigenvalue weighted by atomic mass is 9.87. The number of benzene rings is 2. The third-order valence-corrected chi connectivity index (χ3v) is 9.11. The summed E-state index contributed by atoms with van der Waals surface area (Å²) >= 11 is 0. The highest BCUT2D eigenvalue weighted by Gasteiger charge is 2.39. The summed E-state index contributed by atoms with van der Waals surface area (Å²) in [5.74, 6) is -4.51. The average Bonchev–Trinajstić information content (AvgIpc) is 3.00. The Kier molecular flexibility index (Phi) is 11.6. The minimum atomic E-state index is -4.85. The molecule has 1 aromatic heterocycles. The van der Waals surface area contributed by atoms with Crippen LogP contribution in [0.2, 0.25) is 0 Å². The van der Waals surface area contributed by atoms with Gasteiger partial charge in [0.1, 0.15) is 23.5 Å². The van der Waals surface area contributed by atoms with Gasteiger partial charge in [-0.2, -0.15) is 13.2 Å². The van der Waals surface area contributed by atoms with E-state index in [0.717, 1.165) is 29.0 Å². The van der Waals surface area contributed by atoms with E-state index in [4.69, 9.17) is 6.42 Å². The Bertz CT molecular complexity index is 1860.